The molecule has 0 unspecified atom stereocenters. The van der Waals surface area contributed by atoms with Crippen molar-refractivity contribution in [3.63, 3.8) is 0 Å². The molecule has 3 heteroatoms. The van der Waals surface area contributed by atoms with Gasteiger partial charge in [0.05, 0.1) is 0 Å². The van der Waals surface area contributed by atoms with Crippen LogP contribution in [0.3, 0.4) is 0 Å². The van der Waals surface area contributed by atoms with Crippen LogP contribution in [0.5, 0.6) is 0 Å². The number of piperidine rings is 1. The van der Waals surface area contributed by atoms with Gasteiger partial charge in [-0.2, -0.15) is 0 Å². The summed E-state index contributed by atoms with van der Waals surface area (Å²) in [5.74, 6) is 0.285. The summed E-state index contributed by atoms with van der Waals surface area (Å²) in [7, 11) is 0. The maximum atomic E-state index is 11.6. The maximum absolute atomic E-state index is 11.6. The summed E-state index contributed by atoms with van der Waals surface area (Å²) in [5.41, 5.74) is 6.02. The smallest absolute Gasteiger partial charge is 0.222 e. The van der Waals surface area contributed by atoms with Crippen LogP contribution in [0.15, 0.2) is 0 Å². The maximum Gasteiger partial charge on any atom is 0.222 e. The lowest BCUT2D eigenvalue weighted by atomic mass is 9.92. The Hall–Kier alpha value is -0.570. The summed E-state index contributed by atoms with van der Waals surface area (Å²) < 4.78 is 0. The van der Waals surface area contributed by atoms with Crippen LogP contribution in [-0.4, -0.2) is 29.4 Å². The average molecular weight is 198 g/mol. The van der Waals surface area contributed by atoms with Gasteiger partial charge in [0, 0.05) is 25.0 Å². The van der Waals surface area contributed by atoms with E-state index in [1.807, 2.05) is 4.90 Å². The van der Waals surface area contributed by atoms with E-state index >= 15 is 0 Å². The highest BCUT2D eigenvalue weighted by Gasteiger charge is 2.27. The van der Waals surface area contributed by atoms with Crippen LogP contribution in [0.1, 0.15) is 46.0 Å². The largest absolute Gasteiger partial charge is 0.341 e. The lowest BCUT2D eigenvalue weighted by molar-refractivity contribution is -0.134. The van der Waals surface area contributed by atoms with Gasteiger partial charge >= 0.3 is 0 Å². The molecule has 0 aromatic rings. The summed E-state index contributed by atoms with van der Waals surface area (Å²) in [6.07, 6.45) is 4.77. The summed E-state index contributed by atoms with van der Waals surface area (Å²) in [4.78, 5) is 13.5. The minimum Gasteiger partial charge on any atom is -0.341 e. The van der Waals surface area contributed by atoms with Crippen LogP contribution in [0.4, 0.5) is 0 Å². The molecule has 0 atom stereocenters. The molecule has 2 N–H and O–H groups in total. The van der Waals surface area contributed by atoms with Gasteiger partial charge in [-0.3, -0.25) is 4.79 Å². The Morgan fingerprint density at radius 1 is 1.36 bits per heavy atom. The molecule has 1 saturated heterocycles. The molecule has 0 radical (unpaired) electrons. The van der Waals surface area contributed by atoms with E-state index in [0.717, 1.165) is 38.8 Å². The molecule has 1 amide bonds. The van der Waals surface area contributed by atoms with Crippen molar-refractivity contribution in [2.45, 2.75) is 51.5 Å². The van der Waals surface area contributed by atoms with Gasteiger partial charge in [0.1, 0.15) is 0 Å². The topological polar surface area (TPSA) is 46.3 Å². The molecule has 0 aliphatic carbocycles. The standard InChI is InChI=1S/C11H22N2O/c1-3-11(12,4-2)9-13-8-6-5-7-10(13)14/h3-9,12H2,1-2H3. The van der Waals surface area contributed by atoms with E-state index in [9.17, 15) is 4.79 Å². The zero-order chi connectivity index (χ0) is 10.6. The number of hydrogen-bond donors (Lipinski definition) is 1. The molecular formula is C11H22N2O. The Morgan fingerprint density at radius 2 is 2.00 bits per heavy atom. The third-order valence-electron chi connectivity index (χ3n) is 3.34. The molecule has 0 aromatic heterocycles. The zero-order valence-corrected chi connectivity index (χ0v) is 9.38. The molecule has 0 spiro atoms. The number of carbonyl (C=O) groups is 1. The zero-order valence-electron chi connectivity index (χ0n) is 9.38. The van der Waals surface area contributed by atoms with Gasteiger partial charge in [0.15, 0.2) is 0 Å². The van der Waals surface area contributed by atoms with Crippen LogP contribution >= 0.6 is 0 Å². The molecule has 1 aliphatic rings. The Balaban J connectivity index is 2.52. The van der Waals surface area contributed by atoms with E-state index in [4.69, 9.17) is 5.73 Å². The summed E-state index contributed by atoms with van der Waals surface area (Å²) in [6.45, 7) is 5.83. The Kier molecular flexibility index (Phi) is 3.93. The number of rotatable bonds is 4. The minimum absolute atomic E-state index is 0.174. The molecule has 82 valence electrons. The minimum atomic E-state index is -0.174. The summed E-state index contributed by atoms with van der Waals surface area (Å²) >= 11 is 0. The SMILES string of the molecule is CCC(N)(CC)CN1CCCCC1=O. The molecule has 0 saturated carbocycles. The predicted molar refractivity (Wildman–Crippen MR) is 57.9 cm³/mol. The molecule has 1 fully saturated rings. The van der Waals surface area contributed by atoms with Crippen molar-refractivity contribution in [3.05, 3.63) is 0 Å². The van der Waals surface area contributed by atoms with Crippen molar-refractivity contribution in [3.8, 4) is 0 Å². The molecule has 14 heavy (non-hydrogen) atoms. The van der Waals surface area contributed by atoms with Crippen molar-refractivity contribution in [1.82, 2.24) is 4.90 Å². The van der Waals surface area contributed by atoms with E-state index in [1.54, 1.807) is 0 Å². The second-order valence-electron chi connectivity index (χ2n) is 4.34. The summed E-state index contributed by atoms with van der Waals surface area (Å²) in [6, 6.07) is 0. The first-order valence-electron chi connectivity index (χ1n) is 5.68. The average Bonchev–Trinajstić information content (AvgIpc) is 2.21. The second kappa shape index (κ2) is 4.78. The van der Waals surface area contributed by atoms with E-state index in [-0.39, 0.29) is 11.4 Å². The number of hydrogen-bond acceptors (Lipinski definition) is 2. The highest BCUT2D eigenvalue weighted by atomic mass is 16.2. The lowest BCUT2D eigenvalue weighted by Gasteiger charge is -2.36. The van der Waals surface area contributed by atoms with Crippen LogP contribution in [0.25, 0.3) is 0 Å². The second-order valence-corrected chi connectivity index (χ2v) is 4.34. The molecule has 1 heterocycles. The van der Waals surface area contributed by atoms with Gasteiger partial charge < -0.3 is 10.6 Å². The number of nitrogens with zero attached hydrogens (tertiary/aromatic N) is 1. The molecule has 1 rings (SSSR count). The quantitative estimate of drug-likeness (QED) is 0.744. The first kappa shape index (κ1) is 11.5. The number of nitrogens with two attached hydrogens (primary N) is 1. The van der Waals surface area contributed by atoms with Crippen LogP contribution < -0.4 is 5.73 Å². The third kappa shape index (κ3) is 2.71. The van der Waals surface area contributed by atoms with Crippen LogP contribution in [0.2, 0.25) is 0 Å². The van der Waals surface area contributed by atoms with Crippen LogP contribution in [0, 0.1) is 0 Å². The molecule has 1 aliphatic heterocycles. The molecule has 0 aromatic carbocycles. The fraction of sp³-hybridized carbons (Fsp3) is 0.909. The van der Waals surface area contributed by atoms with Crippen molar-refractivity contribution in [1.29, 1.82) is 0 Å². The fourth-order valence-corrected chi connectivity index (χ4v) is 1.88. The first-order chi connectivity index (χ1) is 6.61. The van der Waals surface area contributed by atoms with Gasteiger partial charge in [-0.15, -0.1) is 0 Å². The van der Waals surface area contributed by atoms with Crippen molar-refractivity contribution < 1.29 is 4.79 Å². The number of likely N-dealkylation sites (tertiary alicyclic amines) is 1. The van der Waals surface area contributed by atoms with Gasteiger partial charge in [-0.05, 0) is 25.7 Å². The molecule has 0 bridgehead atoms. The van der Waals surface area contributed by atoms with Crippen molar-refractivity contribution in [2.24, 2.45) is 5.73 Å². The van der Waals surface area contributed by atoms with E-state index in [0.29, 0.717) is 6.42 Å². The van der Waals surface area contributed by atoms with Gasteiger partial charge in [0.25, 0.3) is 0 Å². The molecular weight excluding hydrogens is 176 g/mol. The monoisotopic (exact) mass is 198 g/mol. The number of carbonyl (C=O) groups excluding carboxylic acids is 1. The fourth-order valence-electron chi connectivity index (χ4n) is 1.88. The lowest BCUT2D eigenvalue weighted by Crippen LogP contribution is -2.52. The Bertz CT molecular complexity index is 199. The third-order valence-corrected chi connectivity index (χ3v) is 3.34. The predicted octanol–water partition coefficient (Wildman–Crippen LogP) is 1.52. The van der Waals surface area contributed by atoms with Crippen LogP contribution in [-0.2, 0) is 4.79 Å². The van der Waals surface area contributed by atoms with E-state index < -0.39 is 0 Å². The van der Waals surface area contributed by atoms with Gasteiger partial charge in [0.2, 0.25) is 5.91 Å². The van der Waals surface area contributed by atoms with Crippen molar-refractivity contribution in [2.75, 3.05) is 13.1 Å². The molecule has 3 nitrogen and oxygen atoms in total. The Labute approximate surface area is 86.6 Å². The first-order valence-corrected chi connectivity index (χ1v) is 5.68. The van der Waals surface area contributed by atoms with E-state index in [1.165, 1.54) is 0 Å². The highest BCUT2D eigenvalue weighted by Crippen LogP contribution is 2.17. The number of amides is 1. The van der Waals surface area contributed by atoms with Crippen molar-refractivity contribution >= 4 is 5.91 Å². The Morgan fingerprint density at radius 3 is 2.50 bits per heavy atom. The summed E-state index contributed by atoms with van der Waals surface area (Å²) in [5, 5.41) is 0. The van der Waals surface area contributed by atoms with Gasteiger partial charge in [-0.1, -0.05) is 13.8 Å². The van der Waals surface area contributed by atoms with E-state index in [2.05, 4.69) is 13.8 Å². The normalized spacial score (nSPS) is 18.8. The highest BCUT2D eigenvalue weighted by molar-refractivity contribution is 5.76. The van der Waals surface area contributed by atoms with Gasteiger partial charge in [-0.25, -0.2) is 0 Å².